The molecular formula is C19H19BrN2O8. The van der Waals surface area contributed by atoms with Crippen molar-refractivity contribution in [1.82, 2.24) is 9.88 Å². The van der Waals surface area contributed by atoms with Gasteiger partial charge in [0, 0.05) is 4.47 Å². The van der Waals surface area contributed by atoms with Crippen LogP contribution in [0.5, 0.6) is 11.6 Å². The van der Waals surface area contributed by atoms with Crippen molar-refractivity contribution in [2.75, 3.05) is 20.3 Å². The molecule has 0 saturated carbocycles. The predicted octanol–water partition coefficient (Wildman–Crippen LogP) is 1.15. The first-order chi connectivity index (χ1) is 14.2. The normalized spacial score (nSPS) is 10.4. The van der Waals surface area contributed by atoms with Crippen LogP contribution in [0.15, 0.2) is 33.5 Å². The minimum atomic E-state index is -1.16. The van der Waals surface area contributed by atoms with Gasteiger partial charge in [0.05, 0.1) is 20.3 Å². The number of rotatable bonds is 7. The smallest absolute Gasteiger partial charge is 0.347 e. The Hall–Kier alpha value is -3.34. The Bertz CT molecular complexity index is 1050. The third-order valence-electron chi connectivity index (χ3n) is 4.01. The van der Waals surface area contributed by atoms with Gasteiger partial charge >= 0.3 is 11.9 Å². The fourth-order valence-electron chi connectivity index (χ4n) is 2.59. The minimum absolute atomic E-state index is 0.0877. The fraction of sp³-hybridized carbons (Fsp3) is 0.263. The van der Waals surface area contributed by atoms with Crippen LogP contribution < -0.4 is 10.9 Å². The van der Waals surface area contributed by atoms with E-state index in [2.05, 4.69) is 30.7 Å². The first-order valence-corrected chi connectivity index (χ1v) is 9.46. The SMILES string of the molecule is CCOC(=O)CNC(=O)c1c(O)c(C(=O)OC)c(O)n(Cc2ccccc2Br)c1=O. The molecule has 0 spiro atoms. The second-order valence-electron chi connectivity index (χ2n) is 5.88. The summed E-state index contributed by atoms with van der Waals surface area (Å²) in [6, 6.07) is 6.78. The summed E-state index contributed by atoms with van der Waals surface area (Å²) < 4.78 is 10.6. The Morgan fingerprint density at radius 3 is 2.43 bits per heavy atom. The molecule has 2 aromatic rings. The monoisotopic (exact) mass is 482 g/mol. The summed E-state index contributed by atoms with van der Waals surface area (Å²) in [5.41, 5.74) is -2.11. The molecule has 1 aromatic heterocycles. The number of hydrogen-bond acceptors (Lipinski definition) is 8. The molecule has 2 rings (SSSR count). The van der Waals surface area contributed by atoms with Gasteiger partial charge in [-0.15, -0.1) is 0 Å². The largest absolute Gasteiger partial charge is 0.506 e. The van der Waals surface area contributed by atoms with E-state index in [-0.39, 0.29) is 13.2 Å². The van der Waals surface area contributed by atoms with Crippen LogP contribution in [0, 0.1) is 0 Å². The zero-order valence-electron chi connectivity index (χ0n) is 16.1. The molecular weight excluding hydrogens is 464 g/mol. The molecule has 11 heteroatoms. The maximum absolute atomic E-state index is 12.9. The highest BCUT2D eigenvalue weighted by Crippen LogP contribution is 2.30. The molecule has 0 unspecified atom stereocenters. The van der Waals surface area contributed by atoms with Crippen LogP contribution in [0.2, 0.25) is 0 Å². The van der Waals surface area contributed by atoms with E-state index >= 15 is 0 Å². The number of carbonyl (C=O) groups is 3. The molecule has 0 aliphatic carbocycles. The lowest BCUT2D eigenvalue weighted by atomic mass is 10.1. The van der Waals surface area contributed by atoms with Crippen molar-refractivity contribution in [3.05, 3.63) is 55.8 Å². The van der Waals surface area contributed by atoms with Crippen LogP contribution in [0.3, 0.4) is 0 Å². The Labute approximate surface area is 179 Å². The number of nitrogens with zero attached hydrogens (tertiary/aromatic N) is 1. The van der Waals surface area contributed by atoms with E-state index in [1.807, 2.05) is 0 Å². The summed E-state index contributed by atoms with van der Waals surface area (Å²) in [4.78, 5) is 49.0. The number of nitrogens with one attached hydrogen (secondary N) is 1. The molecule has 1 amide bonds. The number of hydrogen-bond donors (Lipinski definition) is 3. The van der Waals surface area contributed by atoms with Gasteiger partial charge in [-0.05, 0) is 18.6 Å². The number of benzene rings is 1. The van der Waals surface area contributed by atoms with E-state index in [1.54, 1.807) is 31.2 Å². The van der Waals surface area contributed by atoms with Crippen molar-refractivity contribution in [2.45, 2.75) is 13.5 Å². The first-order valence-electron chi connectivity index (χ1n) is 8.67. The number of carbonyl (C=O) groups excluding carboxylic acids is 3. The van der Waals surface area contributed by atoms with Gasteiger partial charge < -0.3 is 25.0 Å². The average molecular weight is 483 g/mol. The number of aromatic hydroxyl groups is 2. The Kier molecular flexibility index (Phi) is 7.59. The maximum Gasteiger partial charge on any atom is 0.347 e. The van der Waals surface area contributed by atoms with Crippen LogP contribution in [0.1, 0.15) is 33.2 Å². The third kappa shape index (κ3) is 4.79. The molecule has 1 aromatic carbocycles. The molecule has 3 N–H and O–H groups in total. The number of halogens is 1. The zero-order valence-corrected chi connectivity index (χ0v) is 17.7. The number of amides is 1. The highest BCUT2D eigenvalue weighted by atomic mass is 79.9. The van der Waals surface area contributed by atoms with Crippen molar-refractivity contribution in [3.63, 3.8) is 0 Å². The molecule has 0 aliphatic heterocycles. The van der Waals surface area contributed by atoms with Crippen molar-refractivity contribution in [2.24, 2.45) is 0 Å². The average Bonchev–Trinajstić information content (AvgIpc) is 2.71. The van der Waals surface area contributed by atoms with Gasteiger partial charge in [0.2, 0.25) is 5.88 Å². The van der Waals surface area contributed by atoms with E-state index < -0.39 is 52.7 Å². The zero-order chi connectivity index (χ0) is 22.4. The standard InChI is InChI=1S/C19H19BrN2O8/c1-3-30-12(23)8-21-16(25)13-15(24)14(19(28)29-2)18(27)22(17(13)26)9-10-6-4-5-7-11(10)20/h4-7,24,27H,3,8-9H2,1-2H3,(H,21,25). The summed E-state index contributed by atoms with van der Waals surface area (Å²) in [5, 5.41) is 23.0. The van der Waals surface area contributed by atoms with E-state index in [9.17, 15) is 29.4 Å². The number of aromatic nitrogens is 1. The van der Waals surface area contributed by atoms with Gasteiger partial charge in [0.1, 0.15) is 12.1 Å². The van der Waals surface area contributed by atoms with Crippen LogP contribution >= 0.6 is 15.9 Å². The lowest BCUT2D eigenvalue weighted by Gasteiger charge is -2.16. The Morgan fingerprint density at radius 1 is 1.17 bits per heavy atom. The molecule has 0 atom stereocenters. The summed E-state index contributed by atoms with van der Waals surface area (Å²) >= 11 is 3.31. The molecule has 0 aliphatic rings. The second-order valence-corrected chi connectivity index (χ2v) is 6.74. The van der Waals surface area contributed by atoms with Crippen LogP contribution in [0.25, 0.3) is 0 Å². The predicted molar refractivity (Wildman–Crippen MR) is 108 cm³/mol. The Balaban J connectivity index is 2.60. The molecule has 30 heavy (non-hydrogen) atoms. The van der Waals surface area contributed by atoms with Crippen molar-refractivity contribution in [1.29, 1.82) is 0 Å². The lowest BCUT2D eigenvalue weighted by molar-refractivity contribution is -0.141. The summed E-state index contributed by atoms with van der Waals surface area (Å²) in [6.07, 6.45) is 0. The highest BCUT2D eigenvalue weighted by Gasteiger charge is 2.30. The van der Waals surface area contributed by atoms with Crippen LogP contribution in [-0.2, 0) is 20.8 Å². The quantitative estimate of drug-likeness (QED) is 0.498. The number of pyridine rings is 1. The molecule has 0 fully saturated rings. The van der Waals surface area contributed by atoms with E-state index in [4.69, 9.17) is 0 Å². The number of esters is 2. The molecule has 160 valence electrons. The molecule has 1 heterocycles. The fourth-order valence-corrected chi connectivity index (χ4v) is 3.00. The molecule has 10 nitrogen and oxygen atoms in total. The van der Waals surface area contributed by atoms with Gasteiger partial charge in [-0.2, -0.15) is 0 Å². The van der Waals surface area contributed by atoms with Gasteiger partial charge in [-0.25, -0.2) is 4.79 Å². The minimum Gasteiger partial charge on any atom is -0.506 e. The van der Waals surface area contributed by atoms with Crippen LogP contribution in [0.4, 0.5) is 0 Å². The maximum atomic E-state index is 12.9. The lowest BCUT2D eigenvalue weighted by Crippen LogP contribution is -2.37. The van der Waals surface area contributed by atoms with Crippen molar-refractivity contribution >= 4 is 33.8 Å². The summed E-state index contributed by atoms with van der Waals surface area (Å²) in [5.74, 6) is -4.98. The molecule has 0 bridgehead atoms. The highest BCUT2D eigenvalue weighted by molar-refractivity contribution is 9.10. The summed E-state index contributed by atoms with van der Waals surface area (Å²) in [6.45, 7) is 0.873. The van der Waals surface area contributed by atoms with E-state index in [1.165, 1.54) is 0 Å². The van der Waals surface area contributed by atoms with E-state index in [0.717, 1.165) is 11.7 Å². The van der Waals surface area contributed by atoms with Gasteiger partial charge in [-0.1, -0.05) is 34.1 Å². The van der Waals surface area contributed by atoms with Gasteiger partial charge in [-0.3, -0.25) is 19.0 Å². The topological polar surface area (TPSA) is 144 Å². The molecule has 0 saturated heterocycles. The van der Waals surface area contributed by atoms with E-state index in [0.29, 0.717) is 10.0 Å². The molecule has 0 radical (unpaired) electrons. The Morgan fingerprint density at radius 2 is 1.83 bits per heavy atom. The summed E-state index contributed by atoms with van der Waals surface area (Å²) in [7, 11) is 1.00. The van der Waals surface area contributed by atoms with Gasteiger partial charge in [0.25, 0.3) is 11.5 Å². The van der Waals surface area contributed by atoms with Gasteiger partial charge in [0.15, 0.2) is 11.3 Å². The first kappa shape index (κ1) is 22.9. The number of methoxy groups -OCH3 is 1. The van der Waals surface area contributed by atoms with Crippen LogP contribution in [-0.4, -0.2) is 52.9 Å². The third-order valence-corrected chi connectivity index (χ3v) is 4.79. The van der Waals surface area contributed by atoms with Crippen molar-refractivity contribution in [3.8, 4) is 11.6 Å². The van der Waals surface area contributed by atoms with Crippen molar-refractivity contribution < 1.29 is 34.1 Å². The second kappa shape index (κ2) is 9.92. The number of ether oxygens (including phenoxy) is 2.